The van der Waals surface area contributed by atoms with Crippen LogP contribution >= 0.6 is 0 Å². The van der Waals surface area contributed by atoms with Crippen LogP contribution in [-0.2, 0) is 11.1 Å². The van der Waals surface area contributed by atoms with Crippen molar-refractivity contribution in [3.63, 3.8) is 0 Å². The molecular weight excluding hydrogens is 397 g/mol. The number of piperidine rings is 1. The van der Waals surface area contributed by atoms with Gasteiger partial charge in [-0.3, -0.25) is 4.79 Å². The van der Waals surface area contributed by atoms with Gasteiger partial charge in [0.15, 0.2) is 11.1 Å². The summed E-state index contributed by atoms with van der Waals surface area (Å²) in [6, 6.07) is 5.73. The smallest absolute Gasteiger partial charge is 0.316 e. The Kier molecular flexibility index (Phi) is 5.96. The second-order valence-electron chi connectivity index (χ2n) is 7.54. The van der Waals surface area contributed by atoms with Gasteiger partial charge in [-0.1, -0.05) is 6.07 Å². The van der Waals surface area contributed by atoms with Crippen LogP contribution in [-0.4, -0.2) is 43.0 Å². The van der Waals surface area contributed by atoms with Gasteiger partial charge >= 0.3 is 5.56 Å². The maximum atomic E-state index is 13.7. The summed E-state index contributed by atoms with van der Waals surface area (Å²) < 4.78 is 41.6. The number of aromatic nitrogens is 2. The summed E-state index contributed by atoms with van der Waals surface area (Å²) in [7, 11) is 0. The average molecular weight is 421 g/mol. The summed E-state index contributed by atoms with van der Waals surface area (Å²) in [5.74, 6) is -0.225. The number of ether oxygens (including phenoxy) is 1. The van der Waals surface area contributed by atoms with Crippen LogP contribution in [0.25, 0.3) is 5.69 Å². The third kappa shape index (κ3) is 4.35. The molecular formula is C20H24FN3O4S. The van der Waals surface area contributed by atoms with Gasteiger partial charge in [0, 0.05) is 13.1 Å². The molecule has 1 aliphatic heterocycles. The van der Waals surface area contributed by atoms with Gasteiger partial charge in [0.05, 0.1) is 23.2 Å². The molecule has 7 nitrogen and oxygen atoms in total. The Morgan fingerprint density at radius 3 is 2.55 bits per heavy atom. The molecule has 1 saturated carbocycles. The Balaban J connectivity index is 1.70. The number of halogens is 1. The monoisotopic (exact) mass is 421 g/mol. The molecule has 1 unspecified atom stereocenters. The Bertz CT molecular complexity index is 953. The van der Waals surface area contributed by atoms with Crippen LogP contribution in [0, 0.1) is 5.82 Å². The average Bonchev–Trinajstić information content (AvgIpc) is 3.23. The second kappa shape index (κ2) is 8.62. The van der Waals surface area contributed by atoms with Crippen LogP contribution in [0.4, 0.5) is 10.1 Å². The SMILES string of the molecule is O=c1c(OC2CCCC2)c(N2CCC(S(=O)O)CC2)cnn1-c1cccc(F)c1. The van der Waals surface area contributed by atoms with Crippen molar-refractivity contribution in [3.05, 3.63) is 46.6 Å². The molecule has 0 spiro atoms. The fourth-order valence-electron chi connectivity index (χ4n) is 4.03. The Labute approximate surface area is 170 Å². The van der Waals surface area contributed by atoms with Gasteiger partial charge in [-0.05, 0) is 56.7 Å². The first-order valence-electron chi connectivity index (χ1n) is 9.92. The zero-order valence-corrected chi connectivity index (χ0v) is 16.8. The lowest BCUT2D eigenvalue weighted by Crippen LogP contribution is -2.39. The van der Waals surface area contributed by atoms with Gasteiger partial charge in [-0.25, -0.2) is 8.60 Å². The zero-order chi connectivity index (χ0) is 20.4. The minimum Gasteiger partial charge on any atom is -0.483 e. The van der Waals surface area contributed by atoms with Crippen LogP contribution in [0.3, 0.4) is 0 Å². The first kappa shape index (κ1) is 20.0. The van der Waals surface area contributed by atoms with Crippen LogP contribution in [0.2, 0.25) is 0 Å². The highest BCUT2D eigenvalue weighted by molar-refractivity contribution is 7.79. The van der Waals surface area contributed by atoms with Gasteiger partial charge < -0.3 is 14.2 Å². The molecule has 0 radical (unpaired) electrons. The maximum Gasteiger partial charge on any atom is 0.316 e. The minimum absolute atomic E-state index is 0.0210. The summed E-state index contributed by atoms with van der Waals surface area (Å²) in [5, 5.41) is 4.00. The van der Waals surface area contributed by atoms with Crippen LogP contribution < -0.4 is 15.2 Å². The molecule has 0 amide bonds. The van der Waals surface area contributed by atoms with E-state index in [1.165, 1.54) is 18.2 Å². The van der Waals surface area contributed by atoms with Gasteiger partial charge in [-0.2, -0.15) is 9.78 Å². The van der Waals surface area contributed by atoms with E-state index in [0.717, 1.165) is 30.4 Å². The predicted molar refractivity (Wildman–Crippen MR) is 109 cm³/mol. The summed E-state index contributed by atoms with van der Waals surface area (Å²) in [5.41, 5.74) is 0.511. The molecule has 0 bridgehead atoms. The quantitative estimate of drug-likeness (QED) is 0.748. The molecule has 2 fully saturated rings. The normalized spacial score (nSPS) is 19.4. The lowest BCUT2D eigenvalue weighted by Gasteiger charge is -2.33. The van der Waals surface area contributed by atoms with E-state index in [1.54, 1.807) is 12.3 Å². The first-order valence-corrected chi connectivity index (χ1v) is 11.1. The van der Waals surface area contributed by atoms with E-state index in [0.29, 0.717) is 37.3 Å². The summed E-state index contributed by atoms with van der Waals surface area (Å²) in [6.45, 7) is 1.09. The number of hydrogen-bond donors (Lipinski definition) is 1. The largest absolute Gasteiger partial charge is 0.483 e. The molecule has 29 heavy (non-hydrogen) atoms. The second-order valence-corrected chi connectivity index (χ2v) is 8.76. The number of rotatable bonds is 5. The maximum absolute atomic E-state index is 13.7. The van der Waals surface area contributed by atoms with Gasteiger partial charge in [0.1, 0.15) is 11.5 Å². The van der Waals surface area contributed by atoms with Crippen LogP contribution in [0.5, 0.6) is 5.75 Å². The van der Waals surface area contributed by atoms with E-state index in [2.05, 4.69) is 5.10 Å². The van der Waals surface area contributed by atoms with E-state index < -0.39 is 22.5 Å². The van der Waals surface area contributed by atoms with Crippen LogP contribution in [0.1, 0.15) is 38.5 Å². The van der Waals surface area contributed by atoms with Crippen molar-refractivity contribution >= 4 is 16.8 Å². The van der Waals surface area contributed by atoms with Gasteiger partial charge in [0.2, 0.25) is 5.75 Å². The molecule has 9 heteroatoms. The molecule has 2 aromatic rings. The number of anilines is 1. The Morgan fingerprint density at radius 2 is 1.90 bits per heavy atom. The summed E-state index contributed by atoms with van der Waals surface area (Å²) in [4.78, 5) is 15.2. The standard InChI is InChI=1S/C20H24FN3O4S/c21-14-4-3-5-15(12-14)24-20(25)19(28-16-6-1-2-7-16)18(13-22-24)23-10-8-17(9-11-23)29(26)27/h3-5,12-13,16-17H,1-2,6-11H2,(H,26,27). The first-order chi connectivity index (χ1) is 14.0. The number of benzene rings is 1. The molecule has 1 atom stereocenters. The molecule has 1 aromatic carbocycles. The van der Waals surface area contributed by atoms with Crippen molar-refractivity contribution in [2.75, 3.05) is 18.0 Å². The summed E-state index contributed by atoms with van der Waals surface area (Å²) >= 11 is -1.84. The van der Waals surface area contributed by atoms with Crippen molar-refractivity contribution in [3.8, 4) is 11.4 Å². The van der Waals surface area contributed by atoms with E-state index in [-0.39, 0.29) is 17.1 Å². The fourth-order valence-corrected chi connectivity index (χ4v) is 4.64. The van der Waals surface area contributed by atoms with Gasteiger partial charge in [-0.15, -0.1) is 0 Å². The third-order valence-corrected chi connectivity index (χ3v) is 6.66. The Hall–Kier alpha value is -2.26. The lowest BCUT2D eigenvalue weighted by atomic mass is 10.1. The molecule has 1 aliphatic carbocycles. The van der Waals surface area contributed by atoms with Crippen LogP contribution in [0.15, 0.2) is 35.3 Å². The molecule has 4 rings (SSSR count). The van der Waals surface area contributed by atoms with Crippen molar-refractivity contribution < 1.29 is 17.9 Å². The molecule has 1 saturated heterocycles. The van der Waals surface area contributed by atoms with E-state index in [9.17, 15) is 17.9 Å². The molecule has 1 aromatic heterocycles. The Morgan fingerprint density at radius 1 is 1.17 bits per heavy atom. The molecule has 2 aliphatic rings. The van der Waals surface area contributed by atoms with Crippen molar-refractivity contribution in [2.24, 2.45) is 0 Å². The van der Waals surface area contributed by atoms with E-state index >= 15 is 0 Å². The molecule has 1 N–H and O–H groups in total. The van der Waals surface area contributed by atoms with Crippen molar-refractivity contribution in [1.82, 2.24) is 9.78 Å². The number of hydrogen-bond acceptors (Lipinski definition) is 5. The highest BCUT2D eigenvalue weighted by Crippen LogP contribution is 2.31. The highest BCUT2D eigenvalue weighted by atomic mass is 32.2. The number of nitrogens with zero attached hydrogens (tertiary/aromatic N) is 3. The predicted octanol–water partition coefficient (Wildman–Crippen LogP) is 2.88. The fraction of sp³-hybridized carbons (Fsp3) is 0.500. The zero-order valence-electron chi connectivity index (χ0n) is 16.0. The molecule has 156 valence electrons. The van der Waals surface area contributed by atoms with E-state index in [4.69, 9.17) is 4.74 Å². The van der Waals surface area contributed by atoms with Gasteiger partial charge in [0.25, 0.3) is 0 Å². The van der Waals surface area contributed by atoms with E-state index in [1.807, 2.05) is 4.90 Å². The van der Waals surface area contributed by atoms with Crippen molar-refractivity contribution in [2.45, 2.75) is 49.9 Å². The lowest BCUT2D eigenvalue weighted by molar-refractivity contribution is 0.206. The molecule has 2 heterocycles. The highest BCUT2D eigenvalue weighted by Gasteiger charge is 2.28. The topological polar surface area (TPSA) is 84.7 Å². The van der Waals surface area contributed by atoms with Crippen molar-refractivity contribution in [1.29, 1.82) is 0 Å². The minimum atomic E-state index is -1.84. The summed E-state index contributed by atoms with van der Waals surface area (Å²) in [6.07, 6.45) is 6.59. The third-order valence-electron chi connectivity index (χ3n) is 5.62.